The summed E-state index contributed by atoms with van der Waals surface area (Å²) in [6.07, 6.45) is 2.24. The van der Waals surface area contributed by atoms with Crippen molar-refractivity contribution < 1.29 is 19.1 Å². The maximum Gasteiger partial charge on any atom is 0.251 e. The predicted octanol–water partition coefficient (Wildman–Crippen LogP) is 3.10. The summed E-state index contributed by atoms with van der Waals surface area (Å²) in [5.41, 5.74) is 2.26. The molecular formula is C21H21N3O4. The summed E-state index contributed by atoms with van der Waals surface area (Å²) in [5.74, 6) is 1.10. The van der Waals surface area contributed by atoms with Gasteiger partial charge < -0.3 is 24.7 Å². The maximum absolute atomic E-state index is 13.2. The van der Waals surface area contributed by atoms with Gasteiger partial charge in [-0.1, -0.05) is 0 Å². The number of β-lactam (4-membered cyclic amide) rings is 1. The molecule has 1 atom stereocenters. The number of aromatic nitrogens is 1. The van der Waals surface area contributed by atoms with E-state index in [1.54, 1.807) is 49.6 Å². The molecule has 2 amide bonds. The Labute approximate surface area is 162 Å². The van der Waals surface area contributed by atoms with Gasteiger partial charge in [-0.05, 0) is 42.5 Å². The van der Waals surface area contributed by atoms with Gasteiger partial charge in [-0.3, -0.25) is 9.59 Å². The van der Waals surface area contributed by atoms with Crippen LogP contribution in [0.2, 0.25) is 0 Å². The number of carbonyl (C=O) groups is 2. The Bertz CT molecular complexity index is 1030. The number of rotatable bonds is 6. The van der Waals surface area contributed by atoms with Crippen LogP contribution in [0.5, 0.6) is 11.5 Å². The molecule has 0 radical (unpaired) electrons. The highest BCUT2D eigenvalue weighted by molar-refractivity contribution is 6.02. The average molecular weight is 379 g/mol. The smallest absolute Gasteiger partial charge is 0.251 e. The van der Waals surface area contributed by atoms with Crippen LogP contribution in [-0.4, -0.2) is 42.5 Å². The van der Waals surface area contributed by atoms with Crippen molar-refractivity contribution in [2.75, 3.05) is 26.1 Å². The summed E-state index contributed by atoms with van der Waals surface area (Å²) >= 11 is 0. The minimum absolute atomic E-state index is 0.0351. The molecule has 3 aromatic rings. The summed E-state index contributed by atoms with van der Waals surface area (Å²) in [7, 11) is 3.19. The number of benzene rings is 2. The molecular weight excluding hydrogens is 358 g/mol. The summed E-state index contributed by atoms with van der Waals surface area (Å²) in [6.45, 7) is 0.552. The third-order valence-electron chi connectivity index (χ3n) is 5.02. The van der Waals surface area contributed by atoms with Crippen LogP contribution >= 0.6 is 0 Å². The molecule has 1 saturated heterocycles. The normalized spacial score (nSPS) is 14.5. The van der Waals surface area contributed by atoms with Crippen molar-refractivity contribution in [1.82, 2.24) is 9.88 Å². The number of methoxy groups -OCH3 is 2. The van der Waals surface area contributed by atoms with Crippen LogP contribution in [0.25, 0.3) is 10.9 Å². The molecule has 0 saturated carbocycles. The number of H-pyrrole nitrogens is 1. The molecule has 4 rings (SSSR count). The van der Waals surface area contributed by atoms with E-state index in [4.69, 9.17) is 9.47 Å². The zero-order valence-electron chi connectivity index (χ0n) is 15.7. The molecule has 1 fully saturated rings. The molecule has 7 heteroatoms. The number of hydrogen-bond acceptors (Lipinski definition) is 4. The molecule has 2 heterocycles. The highest BCUT2D eigenvalue weighted by Gasteiger charge is 2.38. The number of carbonyl (C=O) groups excluding carboxylic acids is 2. The van der Waals surface area contributed by atoms with Gasteiger partial charge in [0.2, 0.25) is 5.91 Å². The van der Waals surface area contributed by atoms with Gasteiger partial charge in [-0.2, -0.15) is 0 Å². The Morgan fingerprint density at radius 1 is 1.11 bits per heavy atom. The van der Waals surface area contributed by atoms with E-state index in [2.05, 4.69) is 10.3 Å². The third-order valence-corrected chi connectivity index (χ3v) is 5.02. The highest BCUT2D eigenvalue weighted by Crippen LogP contribution is 2.34. The number of nitrogens with one attached hydrogen (secondary N) is 2. The molecule has 7 nitrogen and oxygen atoms in total. The second-order valence-corrected chi connectivity index (χ2v) is 6.61. The molecule has 28 heavy (non-hydrogen) atoms. The van der Waals surface area contributed by atoms with Crippen molar-refractivity contribution in [1.29, 1.82) is 0 Å². The number of ether oxygens (including phenoxy) is 2. The first kappa shape index (κ1) is 17.9. The first-order chi connectivity index (χ1) is 13.6. The van der Waals surface area contributed by atoms with Gasteiger partial charge in [0, 0.05) is 41.3 Å². The van der Waals surface area contributed by atoms with Crippen LogP contribution in [0.15, 0.2) is 48.7 Å². The number of aromatic amines is 1. The quantitative estimate of drug-likeness (QED) is 0.645. The van der Waals surface area contributed by atoms with Gasteiger partial charge in [0.1, 0.15) is 17.5 Å². The summed E-state index contributed by atoms with van der Waals surface area (Å²) in [5, 5.41) is 3.77. The van der Waals surface area contributed by atoms with E-state index in [0.717, 1.165) is 16.5 Å². The molecule has 0 aliphatic carbocycles. The van der Waals surface area contributed by atoms with Crippen LogP contribution < -0.4 is 14.8 Å². The number of nitrogens with zero attached hydrogens (tertiary/aromatic N) is 1. The van der Waals surface area contributed by atoms with E-state index in [9.17, 15) is 9.59 Å². The molecule has 1 aliphatic rings. The Kier molecular flexibility index (Phi) is 4.65. The van der Waals surface area contributed by atoms with Crippen molar-refractivity contribution >= 4 is 28.4 Å². The van der Waals surface area contributed by atoms with Gasteiger partial charge in [0.25, 0.3) is 5.91 Å². The number of anilines is 1. The molecule has 1 aromatic heterocycles. The van der Waals surface area contributed by atoms with E-state index < -0.39 is 6.04 Å². The highest BCUT2D eigenvalue weighted by atomic mass is 16.5. The van der Waals surface area contributed by atoms with Gasteiger partial charge in [-0.25, -0.2) is 0 Å². The monoisotopic (exact) mass is 379 g/mol. The second-order valence-electron chi connectivity index (χ2n) is 6.61. The lowest BCUT2D eigenvalue weighted by Gasteiger charge is -2.37. The maximum atomic E-state index is 13.2. The molecule has 0 bridgehead atoms. The van der Waals surface area contributed by atoms with Crippen LogP contribution in [0, 0.1) is 0 Å². The third kappa shape index (κ3) is 3.15. The summed E-state index contributed by atoms with van der Waals surface area (Å²) in [4.78, 5) is 30.1. The second kappa shape index (κ2) is 7.26. The van der Waals surface area contributed by atoms with Crippen LogP contribution in [0.3, 0.4) is 0 Å². The van der Waals surface area contributed by atoms with Crippen molar-refractivity contribution in [3.63, 3.8) is 0 Å². The Balaban J connectivity index is 1.69. The van der Waals surface area contributed by atoms with Gasteiger partial charge in [0.15, 0.2) is 0 Å². The van der Waals surface area contributed by atoms with E-state index in [-0.39, 0.29) is 11.8 Å². The van der Waals surface area contributed by atoms with E-state index in [0.29, 0.717) is 30.2 Å². The van der Waals surface area contributed by atoms with E-state index in [1.165, 1.54) is 0 Å². The Morgan fingerprint density at radius 3 is 2.43 bits per heavy atom. The van der Waals surface area contributed by atoms with Crippen molar-refractivity contribution in [3.05, 3.63) is 54.2 Å². The first-order valence-electron chi connectivity index (χ1n) is 9.00. The first-order valence-corrected chi connectivity index (χ1v) is 9.00. The number of amides is 2. The molecule has 2 aromatic carbocycles. The Hall–Kier alpha value is -3.48. The molecule has 2 N–H and O–H groups in total. The summed E-state index contributed by atoms with van der Waals surface area (Å²) in [6, 6.07) is 12.0. The fourth-order valence-electron chi connectivity index (χ4n) is 3.42. The number of likely N-dealkylation sites (tertiary alicyclic amines) is 1. The zero-order valence-corrected chi connectivity index (χ0v) is 15.7. The van der Waals surface area contributed by atoms with Crippen LogP contribution in [-0.2, 0) is 9.59 Å². The number of fused-ring (bicyclic) bond motifs is 1. The van der Waals surface area contributed by atoms with Crippen LogP contribution in [0.4, 0.5) is 5.69 Å². The fourth-order valence-corrected chi connectivity index (χ4v) is 3.42. The fraction of sp³-hybridized carbons (Fsp3) is 0.238. The lowest BCUT2D eigenvalue weighted by Crippen LogP contribution is -2.49. The van der Waals surface area contributed by atoms with Crippen molar-refractivity contribution in [3.8, 4) is 11.5 Å². The summed E-state index contributed by atoms with van der Waals surface area (Å²) < 4.78 is 10.5. The van der Waals surface area contributed by atoms with E-state index >= 15 is 0 Å². The van der Waals surface area contributed by atoms with Crippen LogP contribution in [0.1, 0.15) is 18.0 Å². The van der Waals surface area contributed by atoms with E-state index in [1.807, 2.05) is 18.2 Å². The SMILES string of the molecule is COc1ccc(NC(=O)C(c2c[nH]c3ccc(OC)cc23)N2CCC2=O)cc1. The molecule has 144 valence electrons. The van der Waals surface area contributed by atoms with Gasteiger partial charge in [-0.15, -0.1) is 0 Å². The molecule has 1 aliphatic heterocycles. The van der Waals surface area contributed by atoms with Crippen molar-refractivity contribution in [2.24, 2.45) is 0 Å². The molecule has 1 unspecified atom stereocenters. The zero-order chi connectivity index (χ0) is 19.7. The minimum Gasteiger partial charge on any atom is -0.497 e. The Morgan fingerprint density at radius 2 is 1.82 bits per heavy atom. The minimum atomic E-state index is -0.718. The van der Waals surface area contributed by atoms with Crippen molar-refractivity contribution in [2.45, 2.75) is 12.5 Å². The standard InChI is InChI=1S/C21H21N3O4/c1-27-14-5-3-13(4-6-14)23-21(26)20(24-10-9-19(24)25)17-12-22-18-8-7-15(28-2)11-16(17)18/h3-8,11-12,20,22H,9-10H2,1-2H3,(H,23,26). The number of hydrogen-bond donors (Lipinski definition) is 2. The topological polar surface area (TPSA) is 83.7 Å². The molecule has 0 spiro atoms. The van der Waals surface area contributed by atoms with Gasteiger partial charge in [0.05, 0.1) is 14.2 Å². The largest absolute Gasteiger partial charge is 0.497 e. The lowest BCUT2D eigenvalue weighted by atomic mass is 9.99. The van der Waals surface area contributed by atoms with Gasteiger partial charge >= 0.3 is 0 Å². The lowest BCUT2D eigenvalue weighted by molar-refractivity contribution is -0.147. The average Bonchev–Trinajstić information content (AvgIpc) is 3.13. The predicted molar refractivity (Wildman–Crippen MR) is 106 cm³/mol.